The molecule has 1 aliphatic rings. The summed E-state index contributed by atoms with van der Waals surface area (Å²) in [6, 6.07) is 15.4. The van der Waals surface area contributed by atoms with E-state index in [0.29, 0.717) is 11.5 Å². The molecule has 2 heterocycles. The molecule has 3 N–H and O–H groups in total. The van der Waals surface area contributed by atoms with Crippen LogP contribution in [0.2, 0.25) is 0 Å². The summed E-state index contributed by atoms with van der Waals surface area (Å²) in [7, 11) is 0. The van der Waals surface area contributed by atoms with E-state index in [9.17, 15) is 4.79 Å². The Labute approximate surface area is 158 Å². The predicted octanol–water partition coefficient (Wildman–Crippen LogP) is 4.26. The molecule has 0 bridgehead atoms. The molecular formula is C22H20N4O. The molecule has 0 aliphatic heterocycles. The van der Waals surface area contributed by atoms with Gasteiger partial charge in [-0.15, -0.1) is 0 Å². The number of anilines is 2. The molecule has 134 valence electrons. The van der Waals surface area contributed by atoms with Gasteiger partial charge in [-0.3, -0.25) is 9.78 Å². The van der Waals surface area contributed by atoms with Crippen molar-refractivity contribution in [1.29, 1.82) is 0 Å². The standard InChI is InChI=1S/C22H20N4O/c1-14(22(23)27)16-7-9-20(18(12-16)19-4-2-3-11-24-19)26-21-10-8-17(13-25-21)15-5-6-15/h2-4,7-13,15H,1,5-6H2,(H2,23,27)(H,25,26). The number of nitrogens with two attached hydrogens (primary N) is 1. The van der Waals surface area contributed by atoms with Gasteiger partial charge in [0.15, 0.2) is 0 Å². The number of hydrogen-bond acceptors (Lipinski definition) is 4. The molecule has 4 rings (SSSR count). The normalized spacial score (nSPS) is 13.2. The minimum Gasteiger partial charge on any atom is -0.366 e. The first-order chi connectivity index (χ1) is 13.1. The van der Waals surface area contributed by atoms with E-state index in [4.69, 9.17) is 5.73 Å². The second-order valence-corrected chi connectivity index (χ2v) is 6.69. The fourth-order valence-electron chi connectivity index (χ4n) is 2.99. The highest BCUT2D eigenvalue weighted by atomic mass is 16.1. The second-order valence-electron chi connectivity index (χ2n) is 6.69. The first-order valence-corrected chi connectivity index (χ1v) is 8.89. The number of rotatable bonds is 6. The van der Waals surface area contributed by atoms with E-state index in [1.807, 2.05) is 48.7 Å². The van der Waals surface area contributed by atoms with Crippen LogP contribution in [-0.2, 0) is 4.79 Å². The van der Waals surface area contributed by atoms with Crippen molar-refractivity contribution >= 4 is 23.0 Å². The van der Waals surface area contributed by atoms with Crippen molar-refractivity contribution in [3.8, 4) is 11.3 Å². The lowest BCUT2D eigenvalue weighted by Crippen LogP contribution is -2.12. The second kappa shape index (κ2) is 7.03. The summed E-state index contributed by atoms with van der Waals surface area (Å²) in [6.07, 6.45) is 6.17. The number of benzene rings is 1. The highest BCUT2D eigenvalue weighted by Gasteiger charge is 2.23. The van der Waals surface area contributed by atoms with E-state index >= 15 is 0 Å². The van der Waals surface area contributed by atoms with Crippen molar-refractivity contribution in [2.45, 2.75) is 18.8 Å². The highest BCUT2D eigenvalue weighted by molar-refractivity contribution is 6.18. The molecule has 3 aromatic rings. The number of primary amides is 1. The molecule has 0 atom stereocenters. The third-order valence-electron chi connectivity index (χ3n) is 4.70. The van der Waals surface area contributed by atoms with Crippen LogP contribution in [0, 0.1) is 0 Å². The van der Waals surface area contributed by atoms with Crippen molar-refractivity contribution in [2.24, 2.45) is 5.73 Å². The van der Waals surface area contributed by atoms with Gasteiger partial charge in [0.2, 0.25) is 5.91 Å². The lowest BCUT2D eigenvalue weighted by atomic mass is 10.00. The van der Waals surface area contributed by atoms with Gasteiger partial charge in [0.05, 0.1) is 5.69 Å². The van der Waals surface area contributed by atoms with Gasteiger partial charge in [0, 0.05) is 29.2 Å². The third kappa shape index (κ3) is 3.72. The maximum atomic E-state index is 11.5. The molecule has 1 aromatic carbocycles. The van der Waals surface area contributed by atoms with Gasteiger partial charge < -0.3 is 11.1 Å². The van der Waals surface area contributed by atoms with Crippen LogP contribution in [-0.4, -0.2) is 15.9 Å². The summed E-state index contributed by atoms with van der Waals surface area (Å²) < 4.78 is 0. The van der Waals surface area contributed by atoms with E-state index in [1.165, 1.54) is 18.4 Å². The quantitative estimate of drug-likeness (QED) is 0.647. The topological polar surface area (TPSA) is 80.9 Å². The number of nitrogens with zero attached hydrogens (tertiary/aromatic N) is 2. The summed E-state index contributed by atoms with van der Waals surface area (Å²) in [5.41, 5.74) is 10.1. The van der Waals surface area contributed by atoms with E-state index in [2.05, 4.69) is 27.9 Å². The van der Waals surface area contributed by atoms with Gasteiger partial charge in [-0.1, -0.05) is 24.8 Å². The number of nitrogens with one attached hydrogen (secondary N) is 1. The monoisotopic (exact) mass is 356 g/mol. The Morgan fingerprint density at radius 3 is 2.59 bits per heavy atom. The molecule has 27 heavy (non-hydrogen) atoms. The predicted molar refractivity (Wildman–Crippen MR) is 107 cm³/mol. The fraction of sp³-hybridized carbons (Fsp3) is 0.136. The highest BCUT2D eigenvalue weighted by Crippen LogP contribution is 2.40. The zero-order chi connectivity index (χ0) is 18.8. The number of carbonyl (C=O) groups is 1. The van der Waals surface area contributed by atoms with E-state index in [0.717, 1.165) is 22.8 Å². The minimum atomic E-state index is -0.542. The Hall–Kier alpha value is -3.47. The Balaban J connectivity index is 1.70. The lowest BCUT2D eigenvalue weighted by Gasteiger charge is -2.14. The Morgan fingerprint density at radius 2 is 1.96 bits per heavy atom. The fourth-order valence-corrected chi connectivity index (χ4v) is 2.99. The van der Waals surface area contributed by atoms with Crippen molar-refractivity contribution in [3.05, 3.63) is 78.6 Å². The summed E-state index contributed by atoms with van der Waals surface area (Å²) in [5, 5.41) is 3.36. The molecule has 1 fully saturated rings. The van der Waals surface area contributed by atoms with Crippen LogP contribution in [0.5, 0.6) is 0 Å². The van der Waals surface area contributed by atoms with Gasteiger partial charge >= 0.3 is 0 Å². The van der Waals surface area contributed by atoms with Gasteiger partial charge in [-0.25, -0.2) is 4.98 Å². The van der Waals surface area contributed by atoms with Crippen LogP contribution in [0.25, 0.3) is 16.8 Å². The molecule has 2 aromatic heterocycles. The summed E-state index contributed by atoms with van der Waals surface area (Å²) in [4.78, 5) is 20.5. The van der Waals surface area contributed by atoms with Crippen LogP contribution < -0.4 is 11.1 Å². The molecular weight excluding hydrogens is 336 g/mol. The largest absolute Gasteiger partial charge is 0.366 e. The maximum absolute atomic E-state index is 11.5. The molecule has 1 aliphatic carbocycles. The minimum absolute atomic E-state index is 0.269. The SMILES string of the molecule is C=C(C(N)=O)c1ccc(Nc2ccc(C3CC3)cn2)c(-c2ccccn2)c1. The zero-order valence-corrected chi connectivity index (χ0v) is 14.9. The van der Waals surface area contributed by atoms with Crippen molar-refractivity contribution in [3.63, 3.8) is 0 Å². The molecule has 0 unspecified atom stereocenters. The number of aromatic nitrogens is 2. The molecule has 0 spiro atoms. The van der Waals surface area contributed by atoms with Crippen LogP contribution in [0.4, 0.5) is 11.5 Å². The summed E-state index contributed by atoms with van der Waals surface area (Å²) in [6.45, 7) is 3.78. The first kappa shape index (κ1) is 17.0. The number of carbonyl (C=O) groups excluding carboxylic acids is 1. The van der Waals surface area contributed by atoms with E-state index in [1.54, 1.807) is 6.20 Å². The van der Waals surface area contributed by atoms with Crippen molar-refractivity contribution in [2.75, 3.05) is 5.32 Å². The summed E-state index contributed by atoms with van der Waals surface area (Å²) in [5.74, 6) is 0.896. The molecule has 0 radical (unpaired) electrons. The zero-order valence-electron chi connectivity index (χ0n) is 14.9. The average Bonchev–Trinajstić information content (AvgIpc) is 3.54. The summed E-state index contributed by atoms with van der Waals surface area (Å²) >= 11 is 0. The Morgan fingerprint density at radius 1 is 1.11 bits per heavy atom. The lowest BCUT2D eigenvalue weighted by molar-refractivity contribution is -0.112. The number of amides is 1. The Kier molecular flexibility index (Phi) is 4.42. The van der Waals surface area contributed by atoms with Gasteiger partial charge in [-0.05, 0) is 60.2 Å². The van der Waals surface area contributed by atoms with Crippen molar-refractivity contribution < 1.29 is 4.79 Å². The van der Waals surface area contributed by atoms with Gasteiger partial charge in [-0.2, -0.15) is 0 Å². The third-order valence-corrected chi connectivity index (χ3v) is 4.70. The van der Waals surface area contributed by atoms with Crippen LogP contribution in [0.3, 0.4) is 0 Å². The molecule has 0 saturated heterocycles. The molecule has 1 saturated carbocycles. The van der Waals surface area contributed by atoms with Crippen LogP contribution in [0.1, 0.15) is 29.9 Å². The van der Waals surface area contributed by atoms with E-state index < -0.39 is 5.91 Å². The first-order valence-electron chi connectivity index (χ1n) is 8.89. The van der Waals surface area contributed by atoms with Crippen molar-refractivity contribution in [1.82, 2.24) is 9.97 Å². The van der Waals surface area contributed by atoms with Gasteiger partial charge in [0.25, 0.3) is 0 Å². The molecule has 5 nitrogen and oxygen atoms in total. The van der Waals surface area contributed by atoms with Crippen LogP contribution in [0.15, 0.2) is 67.5 Å². The molecule has 5 heteroatoms. The Bertz CT molecular complexity index is 993. The number of pyridine rings is 2. The van der Waals surface area contributed by atoms with E-state index in [-0.39, 0.29) is 5.57 Å². The van der Waals surface area contributed by atoms with Crippen LogP contribution >= 0.6 is 0 Å². The average molecular weight is 356 g/mol. The maximum Gasteiger partial charge on any atom is 0.248 e. The smallest absolute Gasteiger partial charge is 0.248 e. The molecule has 1 amide bonds. The number of hydrogen-bond donors (Lipinski definition) is 2. The van der Waals surface area contributed by atoms with Gasteiger partial charge in [0.1, 0.15) is 5.82 Å².